The van der Waals surface area contributed by atoms with Crippen LogP contribution >= 0.6 is 0 Å². The fourth-order valence-electron chi connectivity index (χ4n) is 3.27. The van der Waals surface area contributed by atoms with E-state index in [2.05, 4.69) is 14.4 Å². The van der Waals surface area contributed by atoms with Crippen molar-refractivity contribution >= 4 is 16.2 Å². The highest BCUT2D eigenvalue weighted by molar-refractivity contribution is 7.88. The van der Waals surface area contributed by atoms with Gasteiger partial charge in [-0.1, -0.05) is 60.7 Å². The number of carbonyl (C=O) groups is 1. The zero-order chi connectivity index (χ0) is 24.7. The van der Waals surface area contributed by atoms with Gasteiger partial charge in [-0.15, -0.1) is 0 Å². The lowest BCUT2D eigenvalue weighted by atomic mass is 10.1. The predicted octanol–water partition coefficient (Wildman–Crippen LogP) is 4.89. The molecule has 10 nitrogen and oxygen atoms in total. The summed E-state index contributed by atoms with van der Waals surface area (Å²) in [5.41, 5.74) is 10.7. The topological polar surface area (TPSA) is 136 Å². The molecule has 0 spiro atoms. The molecule has 0 saturated carbocycles. The Morgan fingerprint density at radius 1 is 0.943 bits per heavy atom. The average Bonchev–Trinajstić information content (AvgIpc) is 3.34. The molecule has 0 radical (unpaired) electrons. The van der Waals surface area contributed by atoms with E-state index in [9.17, 15) is 13.2 Å². The van der Waals surface area contributed by atoms with Crippen molar-refractivity contribution < 1.29 is 22.7 Å². The first kappa shape index (κ1) is 23.6. The lowest BCUT2D eigenvalue weighted by Gasteiger charge is -2.11. The Morgan fingerprint density at radius 2 is 1.60 bits per heavy atom. The quantitative estimate of drug-likeness (QED) is 0.142. The number of ether oxygens (including phenoxy) is 2. The van der Waals surface area contributed by atoms with E-state index in [1.165, 1.54) is 12.3 Å². The molecule has 2 aromatic carbocycles. The molecule has 2 heterocycles. The number of aromatic nitrogens is 2. The van der Waals surface area contributed by atoms with Gasteiger partial charge in [-0.05, 0) is 28.8 Å². The highest BCUT2D eigenvalue weighted by atomic mass is 32.2. The smallest absolute Gasteiger partial charge is 0.356 e. The fourth-order valence-corrected chi connectivity index (χ4v) is 4.06. The summed E-state index contributed by atoms with van der Waals surface area (Å²) in [6.45, 7) is 0.251. The first-order chi connectivity index (χ1) is 17.0. The second kappa shape index (κ2) is 10.6. The minimum Gasteiger partial charge on any atom is -0.473 e. The van der Waals surface area contributed by atoms with Crippen molar-refractivity contribution in [3.8, 4) is 17.0 Å². The van der Waals surface area contributed by atoms with Gasteiger partial charge in [-0.25, -0.2) is 13.8 Å². The SMILES string of the molecule is [N-]=[N+]=NS(=O)(=O)n1ccc(-c2ccc(OCc3ccccc3)nc2)c1C(=O)OCc1ccccc1. The summed E-state index contributed by atoms with van der Waals surface area (Å²) in [7, 11) is -4.52. The Labute approximate surface area is 201 Å². The number of carbonyl (C=O) groups excluding carboxylic acids is 1. The number of esters is 1. The Hall–Kier alpha value is -4.60. The van der Waals surface area contributed by atoms with Crippen molar-refractivity contribution in [1.82, 2.24) is 8.96 Å². The van der Waals surface area contributed by atoms with E-state index >= 15 is 0 Å². The van der Waals surface area contributed by atoms with Gasteiger partial charge in [0.15, 0.2) is 0 Å². The third-order valence-electron chi connectivity index (χ3n) is 4.92. The van der Waals surface area contributed by atoms with Crippen LogP contribution in [0.5, 0.6) is 5.88 Å². The van der Waals surface area contributed by atoms with Crippen molar-refractivity contribution in [3.05, 3.63) is 119 Å². The summed E-state index contributed by atoms with van der Waals surface area (Å²) in [4.78, 5) is 19.6. The summed E-state index contributed by atoms with van der Waals surface area (Å²) < 4.78 is 39.4. The number of hydrogen-bond donors (Lipinski definition) is 0. The summed E-state index contributed by atoms with van der Waals surface area (Å²) in [5, 5.41) is 0. The second-order valence-electron chi connectivity index (χ2n) is 7.24. The molecule has 0 aliphatic rings. The second-order valence-corrected chi connectivity index (χ2v) is 8.70. The lowest BCUT2D eigenvalue weighted by molar-refractivity contribution is 0.0465. The molecule has 0 N–H and O–H groups in total. The van der Waals surface area contributed by atoms with Crippen LogP contribution in [0.1, 0.15) is 21.6 Å². The number of rotatable bonds is 9. The Balaban J connectivity index is 1.62. The van der Waals surface area contributed by atoms with E-state index < -0.39 is 16.2 Å². The van der Waals surface area contributed by atoms with Crippen LogP contribution in [-0.4, -0.2) is 23.3 Å². The van der Waals surface area contributed by atoms with E-state index in [4.69, 9.17) is 15.0 Å². The minimum absolute atomic E-state index is 0.0730. The first-order valence-corrected chi connectivity index (χ1v) is 11.7. The highest BCUT2D eigenvalue weighted by Gasteiger charge is 2.26. The molecule has 0 aliphatic heterocycles. The van der Waals surface area contributed by atoms with E-state index in [1.54, 1.807) is 36.4 Å². The third-order valence-corrected chi connectivity index (χ3v) is 6.00. The Bertz CT molecular complexity index is 1460. The number of hydrogen-bond acceptors (Lipinski definition) is 6. The number of azide groups is 1. The minimum atomic E-state index is -4.52. The molecule has 0 atom stereocenters. The Kier molecular flexibility index (Phi) is 7.10. The highest BCUT2D eigenvalue weighted by Crippen LogP contribution is 2.28. The third kappa shape index (κ3) is 5.67. The molecule has 176 valence electrons. The lowest BCUT2D eigenvalue weighted by Crippen LogP contribution is -2.17. The van der Waals surface area contributed by atoms with Crippen molar-refractivity contribution in [2.75, 3.05) is 0 Å². The molecule has 4 aromatic rings. The van der Waals surface area contributed by atoms with Crippen LogP contribution in [0.15, 0.2) is 95.8 Å². The number of nitrogens with zero attached hydrogens (tertiary/aromatic N) is 5. The van der Waals surface area contributed by atoms with Gasteiger partial charge in [0.05, 0.1) is 4.52 Å². The van der Waals surface area contributed by atoms with Crippen molar-refractivity contribution in [3.63, 3.8) is 0 Å². The van der Waals surface area contributed by atoms with E-state index in [0.29, 0.717) is 22.0 Å². The summed E-state index contributed by atoms with van der Waals surface area (Å²) in [6, 6.07) is 23.2. The molecule has 0 fully saturated rings. The molecule has 0 saturated heterocycles. The van der Waals surface area contributed by atoms with Gasteiger partial charge in [0, 0.05) is 34.5 Å². The van der Waals surface area contributed by atoms with E-state index in [-0.39, 0.29) is 17.9 Å². The predicted molar refractivity (Wildman–Crippen MR) is 127 cm³/mol. The van der Waals surface area contributed by atoms with Gasteiger partial charge in [0.1, 0.15) is 18.9 Å². The van der Waals surface area contributed by atoms with Gasteiger partial charge in [-0.2, -0.15) is 8.42 Å². The maximum Gasteiger partial charge on any atom is 0.356 e. The molecule has 2 aromatic heterocycles. The van der Waals surface area contributed by atoms with Crippen LogP contribution in [-0.2, 0) is 28.2 Å². The summed E-state index contributed by atoms with van der Waals surface area (Å²) in [5.74, 6) is -0.554. The van der Waals surface area contributed by atoms with Crippen LogP contribution in [0.2, 0.25) is 0 Å². The van der Waals surface area contributed by atoms with Gasteiger partial charge in [0.25, 0.3) is 0 Å². The van der Waals surface area contributed by atoms with Crippen molar-refractivity contribution in [1.29, 1.82) is 0 Å². The zero-order valence-corrected chi connectivity index (χ0v) is 19.1. The van der Waals surface area contributed by atoms with Gasteiger partial charge in [0.2, 0.25) is 5.88 Å². The van der Waals surface area contributed by atoms with Gasteiger partial charge < -0.3 is 9.47 Å². The van der Waals surface area contributed by atoms with Crippen LogP contribution in [0, 0.1) is 0 Å². The Morgan fingerprint density at radius 3 is 2.20 bits per heavy atom. The molecule has 11 heteroatoms. The van der Waals surface area contributed by atoms with Crippen molar-refractivity contribution in [2.24, 2.45) is 4.52 Å². The average molecular weight is 490 g/mol. The fraction of sp³-hybridized carbons (Fsp3) is 0.0833. The van der Waals surface area contributed by atoms with Crippen LogP contribution in [0.3, 0.4) is 0 Å². The van der Waals surface area contributed by atoms with Gasteiger partial charge >= 0.3 is 16.2 Å². The van der Waals surface area contributed by atoms with E-state index in [0.717, 1.165) is 17.3 Å². The van der Waals surface area contributed by atoms with Gasteiger partial charge in [-0.3, -0.25) is 0 Å². The summed E-state index contributed by atoms with van der Waals surface area (Å²) in [6.07, 6.45) is 2.58. The molecule has 0 amide bonds. The number of benzene rings is 2. The molecule has 0 bridgehead atoms. The maximum atomic E-state index is 13.0. The van der Waals surface area contributed by atoms with E-state index in [1.807, 2.05) is 36.4 Å². The first-order valence-electron chi connectivity index (χ1n) is 10.4. The maximum absolute atomic E-state index is 13.0. The number of pyridine rings is 1. The zero-order valence-electron chi connectivity index (χ0n) is 18.3. The van der Waals surface area contributed by atoms with Crippen LogP contribution in [0.25, 0.3) is 21.6 Å². The normalized spacial score (nSPS) is 10.9. The molecule has 0 aliphatic carbocycles. The van der Waals surface area contributed by atoms with Crippen LogP contribution < -0.4 is 4.74 Å². The molecule has 0 unspecified atom stereocenters. The largest absolute Gasteiger partial charge is 0.473 e. The molecule has 4 rings (SSSR count). The molecular formula is C24H19N5O5S. The summed E-state index contributed by atoms with van der Waals surface area (Å²) >= 11 is 0. The standard InChI is InChI=1S/C24H19N5O5S/c25-27-28-35(31,32)29-14-13-21(23(29)24(30)34-17-19-9-5-2-6-10-19)20-11-12-22(26-15-20)33-16-18-7-3-1-4-8-18/h1-15H,16-17H2. The monoisotopic (exact) mass is 489 g/mol. The molecular weight excluding hydrogens is 470 g/mol. The van der Waals surface area contributed by atoms with Crippen LogP contribution in [0.4, 0.5) is 0 Å². The molecule has 35 heavy (non-hydrogen) atoms. The van der Waals surface area contributed by atoms with Crippen molar-refractivity contribution in [2.45, 2.75) is 13.2 Å².